The van der Waals surface area contributed by atoms with E-state index >= 15 is 0 Å². The Morgan fingerprint density at radius 3 is 2.55 bits per heavy atom. The summed E-state index contributed by atoms with van der Waals surface area (Å²) < 4.78 is 14.4. The Hall–Kier alpha value is -3.55. The Bertz CT molecular complexity index is 1170. The van der Waals surface area contributed by atoms with Gasteiger partial charge >= 0.3 is 0 Å². The Kier molecular flexibility index (Phi) is 6.06. The highest BCUT2D eigenvalue weighted by Crippen LogP contribution is 2.18. The molecule has 1 saturated carbocycles. The molecule has 31 heavy (non-hydrogen) atoms. The van der Waals surface area contributed by atoms with Crippen LogP contribution in [0.3, 0.4) is 0 Å². The third-order valence-corrected chi connectivity index (χ3v) is 5.16. The van der Waals surface area contributed by atoms with E-state index in [4.69, 9.17) is 0 Å². The highest BCUT2D eigenvalue weighted by atomic mass is 19.1. The van der Waals surface area contributed by atoms with E-state index in [1.54, 1.807) is 30.3 Å². The highest BCUT2D eigenvalue weighted by Gasteiger charge is 2.23. The van der Waals surface area contributed by atoms with Crippen molar-refractivity contribution in [1.82, 2.24) is 20.2 Å². The molecule has 0 radical (unpaired) electrons. The molecular formula is C23H23FN4O3. The third-order valence-electron chi connectivity index (χ3n) is 5.16. The first kappa shape index (κ1) is 20.7. The number of halogens is 1. The lowest BCUT2D eigenvalue weighted by Gasteiger charge is -2.13. The summed E-state index contributed by atoms with van der Waals surface area (Å²) >= 11 is 0. The van der Waals surface area contributed by atoms with Gasteiger partial charge in [0.25, 0.3) is 5.56 Å². The van der Waals surface area contributed by atoms with Crippen molar-refractivity contribution >= 4 is 22.8 Å². The van der Waals surface area contributed by atoms with Gasteiger partial charge in [-0.1, -0.05) is 24.3 Å². The van der Waals surface area contributed by atoms with Crippen molar-refractivity contribution in [2.24, 2.45) is 0 Å². The number of carbonyl (C=O) groups excluding carboxylic acids is 2. The predicted molar refractivity (Wildman–Crippen MR) is 114 cm³/mol. The van der Waals surface area contributed by atoms with Gasteiger partial charge in [-0.3, -0.25) is 19.0 Å². The molecule has 0 spiro atoms. The number of aromatic nitrogens is 2. The Balaban J connectivity index is 1.50. The fourth-order valence-electron chi connectivity index (χ4n) is 3.33. The number of benzene rings is 2. The van der Waals surface area contributed by atoms with Crippen LogP contribution in [-0.2, 0) is 29.1 Å². The summed E-state index contributed by atoms with van der Waals surface area (Å²) in [6, 6.07) is 13.2. The van der Waals surface area contributed by atoms with E-state index in [0.29, 0.717) is 11.0 Å². The van der Waals surface area contributed by atoms with E-state index in [9.17, 15) is 18.8 Å². The number of para-hydroxylation sites is 2. The summed E-state index contributed by atoms with van der Waals surface area (Å²) in [5.41, 5.74) is 1.77. The van der Waals surface area contributed by atoms with Crippen molar-refractivity contribution in [3.8, 4) is 0 Å². The van der Waals surface area contributed by atoms with Crippen LogP contribution in [-0.4, -0.2) is 27.4 Å². The van der Waals surface area contributed by atoms with E-state index in [2.05, 4.69) is 15.6 Å². The molecule has 2 amide bonds. The van der Waals surface area contributed by atoms with E-state index in [1.165, 1.54) is 16.7 Å². The standard InChI is InChI=1S/C23H23FN4O3/c24-16-7-5-15(6-8-16)13-25-22(30)14-28-20-4-2-1-3-18(20)27-19(23(28)31)11-12-21(29)26-17-9-10-17/h1-8,17H,9-14H2,(H,25,30)(H,26,29). The number of carbonyl (C=O) groups is 2. The highest BCUT2D eigenvalue weighted by molar-refractivity contribution is 5.80. The van der Waals surface area contributed by atoms with Crippen LogP contribution in [0, 0.1) is 5.82 Å². The Labute approximate surface area is 178 Å². The second-order valence-electron chi connectivity index (χ2n) is 7.68. The fourth-order valence-corrected chi connectivity index (χ4v) is 3.33. The fraction of sp³-hybridized carbons (Fsp3) is 0.304. The number of hydrogen-bond acceptors (Lipinski definition) is 4. The van der Waals surface area contributed by atoms with Gasteiger partial charge in [-0.15, -0.1) is 0 Å². The molecule has 0 aliphatic heterocycles. The molecule has 1 aliphatic rings. The van der Waals surface area contributed by atoms with Crippen molar-refractivity contribution in [3.05, 3.63) is 76.0 Å². The molecule has 1 fully saturated rings. The monoisotopic (exact) mass is 422 g/mol. The van der Waals surface area contributed by atoms with Gasteiger partial charge in [0.1, 0.15) is 18.1 Å². The predicted octanol–water partition coefficient (Wildman–Crippen LogP) is 2.06. The molecular weight excluding hydrogens is 399 g/mol. The third kappa shape index (κ3) is 5.33. The minimum Gasteiger partial charge on any atom is -0.353 e. The summed E-state index contributed by atoms with van der Waals surface area (Å²) in [6.45, 7) is 0.0510. The van der Waals surface area contributed by atoms with Gasteiger partial charge in [0.2, 0.25) is 11.8 Å². The van der Waals surface area contributed by atoms with Crippen LogP contribution in [0.15, 0.2) is 53.3 Å². The van der Waals surface area contributed by atoms with Crippen molar-refractivity contribution in [2.75, 3.05) is 0 Å². The minimum absolute atomic E-state index is 0.0968. The average molecular weight is 422 g/mol. The lowest BCUT2D eigenvalue weighted by molar-refractivity contribution is -0.122. The maximum absolute atomic E-state index is 13.0. The summed E-state index contributed by atoms with van der Waals surface area (Å²) in [5.74, 6) is -0.788. The summed E-state index contributed by atoms with van der Waals surface area (Å²) in [6.07, 6.45) is 2.38. The van der Waals surface area contributed by atoms with Crippen molar-refractivity contribution < 1.29 is 14.0 Å². The molecule has 0 atom stereocenters. The van der Waals surface area contributed by atoms with Gasteiger partial charge in [0, 0.05) is 25.4 Å². The van der Waals surface area contributed by atoms with Crippen molar-refractivity contribution in [2.45, 2.75) is 44.8 Å². The second-order valence-corrected chi connectivity index (χ2v) is 7.68. The van der Waals surface area contributed by atoms with Crippen LogP contribution >= 0.6 is 0 Å². The topological polar surface area (TPSA) is 93.1 Å². The van der Waals surface area contributed by atoms with Gasteiger partial charge in [-0.25, -0.2) is 9.37 Å². The second kappa shape index (κ2) is 9.07. The molecule has 1 aromatic heterocycles. The Morgan fingerprint density at radius 1 is 1.06 bits per heavy atom. The molecule has 160 valence electrons. The zero-order chi connectivity index (χ0) is 21.8. The first-order valence-corrected chi connectivity index (χ1v) is 10.3. The molecule has 2 aromatic carbocycles. The number of rotatable bonds is 8. The lowest BCUT2D eigenvalue weighted by atomic mass is 10.2. The first-order chi connectivity index (χ1) is 15.0. The minimum atomic E-state index is -0.380. The molecule has 2 N–H and O–H groups in total. The molecule has 0 saturated heterocycles. The summed E-state index contributed by atoms with van der Waals surface area (Å²) in [4.78, 5) is 42.0. The lowest BCUT2D eigenvalue weighted by Crippen LogP contribution is -2.34. The maximum Gasteiger partial charge on any atom is 0.273 e. The van der Waals surface area contributed by atoms with Crippen molar-refractivity contribution in [1.29, 1.82) is 0 Å². The molecule has 1 aliphatic carbocycles. The summed E-state index contributed by atoms with van der Waals surface area (Å²) in [7, 11) is 0. The van der Waals surface area contributed by atoms with Crippen LogP contribution in [0.2, 0.25) is 0 Å². The van der Waals surface area contributed by atoms with E-state index in [1.807, 2.05) is 6.07 Å². The van der Waals surface area contributed by atoms with Gasteiger partial charge in [0.15, 0.2) is 0 Å². The van der Waals surface area contributed by atoms with Gasteiger partial charge in [0.05, 0.1) is 11.0 Å². The Morgan fingerprint density at radius 2 is 1.81 bits per heavy atom. The molecule has 8 heteroatoms. The van der Waals surface area contributed by atoms with Crippen LogP contribution in [0.25, 0.3) is 11.0 Å². The normalized spacial score (nSPS) is 13.2. The average Bonchev–Trinajstić information content (AvgIpc) is 3.58. The zero-order valence-corrected chi connectivity index (χ0v) is 16.9. The maximum atomic E-state index is 13.0. The SMILES string of the molecule is O=C(Cn1c(=O)c(CCC(=O)NC2CC2)nc2ccccc21)NCc1ccc(F)cc1. The molecule has 3 aromatic rings. The van der Waals surface area contributed by atoms with E-state index < -0.39 is 0 Å². The molecule has 1 heterocycles. The molecule has 0 bridgehead atoms. The molecule has 7 nitrogen and oxygen atoms in total. The zero-order valence-electron chi connectivity index (χ0n) is 16.9. The van der Waals surface area contributed by atoms with Gasteiger partial charge in [-0.2, -0.15) is 0 Å². The summed E-state index contributed by atoms with van der Waals surface area (Å²) in [5, 5.41) is 5.65. The van der Waals surface area contributed by atoms with E-state index in [-0.39, 0.29) is 60.9 Å². The number of fused-ring (bicyclic) bond motifs is 1. The largest absolute Gasteiger partial charge is 0.353 e. The van der Waals surface area contributed by atoms with Gasteiger partial charge in [-0.05, 0) is 42.7 Å². The van der Waals surface area contributed by atoms with Gasteiger partial charge < -0.3 is 10.6 Å². The number of aryl methyl sites for hydroxylation is 1. The van der Waals surface area contributed by atoms with Crippen molar-refractivity contribution in [3.63, 3.8) is 0 Å². The van der Waals surface area contributed by atoms with Crippen LogP contribution < -0.4 is 16.2 Å². The molecule has 0 unspecified atom stereocenters. The number of hydrogen-bond donors (Lipinski definition) is 2. The first-order valence-electron chi connectivity index (χ1n) is 10.3. The number of amides is 2. The van der Waals surface area contributed by atoms with E-state index in [0.717, 1.165) is 18.4 Å². The quantitative estimate of drug-likeness (QED) is 0.581. The van der Waals surface area contributed by atoms with Crippen LogP contribution in [0.5, 0.6) is 0 Å². The van der Waals surface area contributed by atoms with Crippen LogP contribution in [0.4, 0.5) is 4.39 Å². The number of nitrogens with zero attached hydrogens (tertiary/aromatic N) is 2. The van der Waals surface area contributed by atoms with Crippen LogP contribution in [0.1, 0.15) is 30.5 Å². The smallest absolute Gasteiger partial charge is 0.273 e. The molecule has 4 rings (SSSR count). The number of nitrogens with one attached hydrogen (secondary N) is 2.